The number of piperidine rings is 1. The molecular formula is C25H48N2O2. The smallest absolute Gasteiger partial charge is 0.257 e. The predicted molar refractivity (Wildman–Crippen MR) is 122 cm³/mol. The lowest BCUT2D eigenvalue weighted by molar-refractivity contribution is -0.165. The van der Waals surface area contributed by atoms with Crippen LogP contribution in [0.4, 0.5) is 0 Å². The molecule has 1 unspecified atom stereocenters. The minimum absolute atomic E-state index is 0.113. The van der Waals surface area contributed by atoms with Crippen molar-refractivity contribution in [2.24, 2.45) is 0 Å². The van der Waals surface area contributed by atoms with E-state index in [1.165, 1.54) is 38.5 Å². The Bertz CT molecular complexity index is 527. The summed E-state index contributed by atoms with van der Waals surface area (Å²) < 4.78 is 6.85. The van der Waals surface area contributed by atoms with Gasteiger partial charge in [-0.05, 0) is 53.9 Å². The second kappa shape index (κ2) is 9.68. The van der Waals surface area contributed by atoms with Crippen molar-refractivity contribution in [2.45, 2.75) is 148 Å². The number of nitrogens with zero attached hydrogens (tertiary/aromatic N) is 1. The highest BCUT2D eigenvalue weighted by molar-refractivity contribution is 5.88. The number of carbonyl (C=O) groups excluding carboxylic acids is 1. The lowest BCUT2D eigenvalue weighted by atomic mass is 9.72. The molecule has 1 N–H and O–H groups in total. The van der Waals surface area contributed by atoms with Crippen LogP contribution in [0.3, 0.4) is 0 Å². The van der Waals surface area contributed by atoms with Crippen molar-refractivity contribution < 1.29 is 9.53 Å². The van der Waals surface area contributed by atoms with Crippen LogP contribution in [0, 0.1) is 0 Å². The predicted octanol–water partition coefficient (Wildman–Crippen LogP) is 6.18. The standard InChI is InChI=1S/C25H48N2O2/c1-8-10-12-13-14-15-16-17-24(7)27(18-11-9-2)21(28)25(29-24)19-22(3,4)26-23(5,6)20-25/h26H,8-20H2,1-7H3. The monoisotopic (exact) mass is 408 g/mol. The molecule has 0 aromatic heterocycles. The van der Waals surface area contributed by atoms with Gasteiger partial charge < -0.3 is 15.0 Å². The molecule has 29 heavy (non-hydrogen) atoms. The maximum atomic E-state index is 13.8. The zero-order valence-corrected chi connectivity index (χ0v) is 20.5. The van der Waals surface area contributed by atoms with Crippen molar-refractivity contribution in [3.63, 3.8) is 0 Å². The molecule has 2 aliphatic rings. The van der Waals surface area contributed by atoms with E-state index in [2.05, 4.69) is 58.7 Å². The molecule has 2 rings (SSSR count). The normalized spacial score (nSPS) is 27.7. The molecule has 2 fully saturated rings. The summed E-state index contributed by atoms with van der Waals surface area (Å²) in [6.45, 7) is 16.3. The van der Waals surface area contributed by atoms with Crippen molar-refractivity contribution in [1.82, 2.24) is 10.2 Å². The molecule has 2 heterocycles. The van der Waals surface area contributed by atoms with Crippen molar-refractivity contribution >= 4 is 5.91 Å². The molecule has 0 bridgehead atoms. The van der Waals surface area contributed by atoms with Gasteiger partial charge in [-0.25, -0.2) is 0 Å². The Morgan fingerprint density at radius 3 is 1.90 bits per heavy atom. The van der Waals surface area contributed by atoms with Crippen molar-refractivity contribution in [3.8, 4) is 0 Å². The topological polar surface area (TPSA) is 41.6 Å². The third-order valence-corrected chi connectivity index (χ3v) is 6.73. The van der Waals surface area contributed by atoms with Crippen LogP contribution in [-0.4, -0.2) is 39.8 Å². The molecule has 0 aromatic rings. The molecule has 1 atom stereocenters. The summed E-state index contributed by atoms with van der Waals surface area (Å²) in [5.74, 6) is 0.235. The molecule has 2 saturated heterocycles. The van der Waals surface area contributed by atoms with E-state index in [1.807, 2.05) is 0 Å². The molecular weight excluding hydrogens is 360 g/mol. The van der Waals surface area contributed by atoms with Gasteiger partial charge in [-0.15, -0.1) is 0 Å². The maximum absolute atomic E-state index is 13.8. The minimum atomic E-state index is -0.679. The molecule has 1 amide bonds. The van der Waals surface area contributed by atoms with E-state index in [9.17, 15) is 4.79 Å². The highest BCUT2D eigenvalue weighted by Gasteiger charge is 2.62. The van der Waals surface area contributed by atoms with E-state index in [1.54, 1.807) is 0 Å². The molecule has 2 aliphatic heterocycles. The minimum Gasteiger partial charge on any atom is -0.339 e. The first-order valence-corrected chi connectivity index (χ1v) is 12.3. The van der Waals surface area contributed by atoms with Crippen molar-refractivity contribution in [2.75, 3.05) is 6.54 Å². The number of carbonyl (C=O) groups is 1. The second-order valence-electron chi connectivity index (χ2n) is 11.2. The van der Waals surface area contributed by atoms with E-state index in [0.717, 1.165) is 45.1 Å². The molecule has 0 radical (unpaired) electrons. The van der Waals surface area contributed by atoms with E-state index >= 15 is 0 Å². The van der Waals surface area contributed by atoms with Gasteiger partial charge in [0.15, 0.2) is 5.60 Å². The average Bonchev–Trinajstić information content (AvgIpc) is 2.76. The van der Waals surface area contributed by atoms with Gasteiger partial charge in [0.05, 0.1) is 0 Å². The fourth-order valence-electron chi connectivity index (χ4n) is 5.95. The highest BCUT2D eigenvalue weighted by atomic mass is 16.6. The van der Waals surface area contributed by atoms with Gasteiger partial charge >= 0.3 is 0 Å². The van der Waals surface area contributed by atoms with Gasteiger partial charge in [-0.2, -0.15) is 0 Å². The summed E-state index contributed by atoms with van der Waals surface area (Å²) in [6, 6.07) is 0. The molecule has 170 valence electrons. The van der Waals surface area contributed by atoms with Gasteiger partial charge in [0.1, 0.15) is 5.72 Å². The van der Waals surface area contributed by atoms with Crippen LogP contribution in [0.25, 0.3) is 0 Å². The molecule has 0 aliphatic carbocycles. The Hall–Kier alpha value is -0.610. The van der Waals surface area contributed by atoms with Crippen molar-refractivity contribution in [3.05, 3.63) is 0 Å². The summed E-state index contributed by atoms with van der Waals surface area (Å²) >= 11 is 0. The Morgan fingerprint density at radius 2 is 1.34 bits per heavy atom. The van der Waals surface area contributed by atoms with Gasteiger partial charge in [0.25, 0.3) is 5.91 Å². The lowest BCUT2D eigenvalue weighted by Crippen LogP contribution is -2.65. The number of hydrogen-bond donors (Lipinski definition) is 1. The third-order valence-electron chi connectivity index (χ3n) is 6.73. The third kappa shape index (κ3) is 6.19. The molecule has 0 aromatic carbocycles. The molecule has 4 nitrogen and oxygen atoms in total. The number of rotatable bonds is 11. The number of unbranched alkanes of at least 4 members (excludes halogenated alkanes) is 7. The first-order valence-electron chi connectivity index (χ1n) is 12.3. The zero-order chi connectivity index (χ0) is 21.8. The highest BCUT2D eigenvalue weighted by Crippen LogP contribution is 2.49. The maximum Gasteiger partial charge on any atom is 0.257 e. The Kier molecular flexibility index (Phi) is 8.23. The summed E-state index contributed by atoms with van der Waals surface area (Å²) in [4.78, 5) is 15.9. The van der Waals surface area contributed by atoms with E-state index < -0.39 is 11.3 Å². The van der Waals surface area contributed by atoms with Crippen LogP contribution >= 0.6 is 0 Å². The lowest BCUT2D eigenvalue weighted by Gasteiger charge is -2.50. The Balaban J connectivity index is 2.10. The van der Waals surface area contributed by atoms with Crippen LogP contribution in [-0.2, 0) is 9.53 Å². The van der Waals surface area contributed by atoms with Gasteiger partial charge in [0.2, 0.25) is 0 Å². The van der Waals surface area contributed by atoms with E-state index in [4.69, 9.17) is 4.74 Å². The quantitative estimate of drug-likeness (QED) is 0.415. The van der Waals surface area contributed by atoms with Gasteiger partial charge in [0, 0.05) is 30.5 Å². The van der Waals surface area contributed by atoms with Crippen LogP contribution in [0.15, 0.2) is 0 Å². The van der Waals surface area contributed by atoms with Crippen molar-refractivity contribution in [1.29, 1.82) is 0 Å². The van der Waals surface area contributed by atoms with E-state index in [-0.39, 0.29) is 17.0 Å². The molecule has 1 spiro atoms. The summed E-state index contributed by atoms with van der Waals surface area (Å²) in [5.41, 5.74) is -1.36. The SMILES string of the molecule is CCCCCCCCCC1(C)OC2(CC(C)(C)NC(C)(C)C2)C(=O)N1CCCC. The first kappa shape index (κ1) is 24.7. The number of amides is 1. The van der Waals surface area contributed by atoms with Crippen LogP contribution in [0.5, 0.6) is 0 Å². The Labute approximate surface area is 180 Å². The molecule has 0 saturated carbocycles. The van der Waals surface area contributed by atoms with Crippen LogP contribution in [0.1, 0.15) is 126 Å². The fourth-order valence-corrected chi connectivity index (χ4v) is 5.95. The van der Waals surface area contributed by atoms with Gasteiger partial charge in [-0.3, -0.25) is 4.79 Å². The summed E-state index contributed by atoms with van der Waals surface area (Å²) in [7, 11) is 0. The average molecular weight is 409 g/mol. The summed E-state index contributed by atoms with van der Waals surface area (Å²) in [6.07, 6.45) is 13.6. The number of ether oxygens (including phenoxy) is 1. The number of nitrogens with one attached hydrogen (secondary N) is 1. The Morgan fingerprint density at radius 1 is 0.828 bits per heavy atom. The fraction of sp³-hybridized carbons (Fsp3) is 0.960. The van der Waals surface area contributed by atoms with Gasteiger partial charge in [-0.1, -0.05) is 58.8 Å². The zero-order valence-electron chi connectivity index (χ0n) is 20.5. The van der Waals surface area contributed by atoms with Crippen LogP contribution in [0.2, 0.25) is 0 Å². The molecule has 4 heteroatoms. The van der Waals surface area contributed by atoms with Crippen LogP contribution < -0.4 is 5.32 Å². The largest absolute Gasteiger partial charge is 0.339 e. The first-order chi connectivity index (χ1) is 13.5. The summed E-state index contributed by atoms with van der Waals surface area (Å²) in [5, 5.41) is 3.71. The number of hydrogen-bond acceptors (Lipinski definition) is 3. The second-order valence-corrected chi connectivity index (χ2v) is 11.2. The van der Waals surface area contributed by atoms with E-state index in [0.29, 0.717) is 0 Å².